The van der Waals surface area contributed by atoms with Crippen molar-refractivity contribution < 1.29 is 24.6 Å². The van der Waals surface area contributed by atoms with E-state index in [0.29, 0.717) is 4.32 Å². The molecule has 0 unspecified atom stereocenters. The largest absolute Gasteiger partial charge is 0.507 e. The van der Waals surface area contributed by atoms with Gasteiger partial charge in [-0.2, -0.15) is 0 Å². The normalized spacial score (nSPS) is 17.4. The molecule has 1 saturated heterocycles. The number of phenols is 1. The molecule has 4 N–H and O–H groups in total. The lowest BCUT2D eigenvalue weighted by Gasteiger charge is -2.08. The summed E-state index contributed by atoms with van der Waals surface area (Å²) in [5.74, 6) is -2.47. The Morgan fingerprint density at radius 3 is 2.71 bits per heavy atom. The highest BCUT2D eigenvalue weighted by atomic mass is 32.2. The van der Waals surface area contributed by atoms with Crippen LogP contribution in [0.1, 0.15) is 16.8 Å². The van der Waals surface area contributed by atoms with Crippen LogP contribution in [0.3, 0.4) is 0 Å². The summed E-state index contributed by atoms with van der Waals surface area (Å²) in [6.07, 6.45) is -0.0834. The number of anilines is 1. The van der Waals surface area contributed by atoms with Crippen LogP contribution in [0.15, 0.2) is 18.2 Å². The van der Waals surface area contributed by atoms with E-state index in [9.17, 15) is 19.5 Å². The van der Waals surface area contributed by atoms with Crippen molar-refractivity contribution in [3.63, 3.8) is 0 Å². The molecule has 2 rings (SSSR count). The van der Waals surface area contributed by atoms with Gasteiger partial charge in [-0.25, -0.2) is 4.79 Å². The number of carbonyl (C=O) groups excluding carboxylic acids is 2. The Bertz CT molecular complexity index is 647. The standard InChI is InChI=1S/C12H10N2O5S2/c15-7-2-1-5(3-6(7)11(18)19)13-9(16)4-8-10(17)14-12(20)21-8/h1-3,8,15H,4H2,(H,13,16)(H,18,19)(H,14,17,20)/t8-/m1/s1. The molecule has 110 valence electrons. The van der Waals surface area contributed by atoms with Crippen molar-refractivity contribution in [2.45, 2.75) is 11.7 Å². The first-order valence-corrected chi connectivity index (χ1v) is 7.03. The van der Waals surface area contributed by atoms with Crippen molar-refractivity contribution in [3.05, 3.63) is 23.8 Å². The number of thioether (sulfide) groups is 1. The second kappa shape index (κ2) is 6.10. The zero-order valence-electron chi connectivity index (χ0n) is 10.5. The Morgan fingerprint density at radius 2 is 2.14 bits per heavy atom. The number of carbonyl (C=O) groups is 3. The van der Waals surface area contributed by atoms with E-state index < -0.39 is 22.9 Å². The highest BCUT2D eigenvalue weighted by Crippen LogP contribution is 2.24. The summed E-state index contributed by atoms with van der Waals surface area (Å²) in [5.41, 5.74) is -0.0943. The van der Waals surface area contributed by atoms with Gasteiger partial charge in [-0.1, -0.05) is 24.0 Å². The van der Waals surface area contributed by atoms with Crippen LogP contribution < -0.4 is 10.6 Å². The zero-order valence-corrected chi connectivity index (χ0v) is 12.1. The molecule has 0 aromatic heterocycles. The summed E-state index contributed by atoms with van der Waals surface area (Å²) in [5, 5.41) is 22.6. The number of nitrogens with one attached hydrogen (secondary N) is 2. The molecule has 1 fully saturated rings. The molecule has 1 heterocycles. The minimum Gasteiger partial charge on any atom is -0.507 e. The molecule has 2 amide bonds. The predicted molar refractivity (Wildman–Crippen MR) is 80.4 cm³/mol. The third-order valence-corrected chi connectivity index (χ3v) is 4.02. The molecule has 0 saturated carbocycles. The quantitative estimate of drug-likeness (QED) is 0.480. The number of rotatable bonds is 4. The van der Waals surface area contributed by atoms with Gasteiger partial charge in [0.1, 0.15) is 15.6 Å². The molecule has 9 heteroatoms. The monoisotopic (exact) mass is 326 g/mol. The van der Waals surface area contributed by atoms with Crippen molar-refractivity contribution in [3.8, 4) is 5.75 Å². The fourth-order valence-electron chi connectivity index (χ4n) is 1.69. The predicted octanol–water partition coefficient (Wildman–Crippen LogP) is 0.935. The second-order valence-corrected chi connectivity index (χ2v) is 6.05. The Kier molecular flexibility index (Phi) is 4.43. The summed E-state index contributed by atoms with van der Waals surface area (Å²) in [4.78, 5) is 34.2. The van der Waals surface area contributed by atoms with Crippen LogP contribution in [0.25, 0.3) is 0 Å². The van der Waals surface area contributed by atoms with Crippen LogP contribution in [0.2, 0.25) is 0 Å². The molecule has 0 radical (unpaired) electrons. The van der Waals surface area contributed by atoms with Gasteiger partial charge in [0.25, 0.3) is 0 Å². The van der Waals surface area contributed by atoms with Gasteiger partial charge in [0.05, 0.1) is 5.25 Å². The van der Waals surface area contributed by atoms with Crippen LogP contribution >= 0.6 is 24.0 Å². The molecular formula is C12H10N2O5S2. The van der Waals surface area contributed by atoms with E-state index in [1.807, 2.05) is 0 Å². The van der Waals surface area contributed by atoms with E-state index in [1.54, 1.807) is 0 Å². The molecule has 1 aromatic rings. The number of benzene rings is 1. The summed E-state index contributed by atoms with van der Waals surface area (Å²) in [7, 11) is 0. The minimum absolute atomic E-state index is 0.0834. The number of aromatic hydroxyl groups is 1. The molecule has 1 aromatic carbocycles. The van der Waals surface area contributed by atoms with E-state index in [4.69, 9.17) is 17.3 Å². The third kappa shape index (κ3) is 3.70. The Labute approximate surface area is 128 Å². The summed E-state index contributed by atoms with van der Waals surface area (Å²) in [6, 6.07) is 3.68. The number of aromatic carboxylic acids is 1. The summed E-state index contributed by atoms with van der Waals surface area (Å²) < 4.78 is 0.329. The van der Waals surface area contributed by atoms with Gasteiger partial charge in [-0.15, -0.1) is 0 Å². The van der Waals surface area contributed by atoms with Gasteiger partial charge in [-0.3, -0.25) is 9.59 Å². The van der Waals surface area contributed by atoms with Crippen molar-refractivity contribution in [1.82, 2.24) is 5.32 Å². The fraction of sp³-hybridized carbons (Fsp3) is 0.167. The number of hydrogen-bond donors (Lipinski definition) is 4. The highest BCUT2D eigenvalue weighted by molar-refractivity contribution is 8.24. The van der Waals surface area contributed by atoms with Gasteiger partial charge in [0, 0.05) is 12.1 Å². The first-order chi connectivity index (χ1) is 9.86. The van der Waals surface area contributed by atoms with Crippen LogP contribution in [-0.4, -0.2) is 37.6 Å². The Balaban J connectivity index is 2.03. The Morgan fingerprint density at radius 1 is 1.43 bits per heavy atom. The van der Waals surface area contributed by atoms with Crippen molar-refractivity contribution in [2.24, 2.45) is 0 Å². The zero-order chi connectivity index (χ0) is 15.6. The summed E-state index contributed by atoms with van der Waals surface area (Å²) in [6.45, 7) is 0. The van der Waals surface area contributed by atoms with E-state index in [0.717, 1.165) is 17.8 Å². The number of thiocarbonyl (C=S) groups is 1. The number of amides is 2. The topological polar surface area (TPSA) is 116 Å². The van der Waals surface area contributed by atoms with Gasteiger partial charge in [0.2, 0.25) is 11.8 Å². The lowest BCUT2D eigenvalue weighted by molar-refractivity contribution is -0.122. The van der Waals surface area contributed by atoms with Gasteiger partial charge >= 0.3 is 5.97 Å². The Hall–Kier alpha value is -2.13. The van der Waals surface area contributed by atoms with Crippen LogP contribution in [-0.2, 0) is 9.59 Å². The molecule has 7 nitrogen and oxygen atoms in total. The third-order valence-electron chi connectivity index (χ3n) is 2.65. The van der Waals surface area contributed by atoms with E-state index >= 15 is 0 Å². The summed E-state index contributed by atoms with van der Waals surface area (Å²) >= 11 is 5.92. The van der Waals surface area contributed by atoms with Crippen LogP contribution in [0.4, 0.5) is 5.69 Å². The molecule has 0 aliphatic carbocycles. The van der Waals surface area contributed by atoms with Crippen LogP contribution in [0, 0.1) is 0 Å². The van der Waals surface area contributed by atoms with E-state index in [2.05, 4.69) is 10.6 Å². The maximum Gasteiger partial charge on any atom is 0.339 e. The van der Waals surface area contributed by atoms with Crippen LogP contribution in [0.5, 0.6) is 5.75 Å². The molecule has 1 atom stereocenters. The second-order valence-electron chi connectivity index (χ2n) is 4.17. The molecule has 1 aliphatic heterocycles. The van der Waals surface area contributed by atoms with Gasteiger partial charge < -0.3 is 20.8 Å². The highest BCUT2D eigenvalue weighted by Gasteiger charge is 2.31. The number of carboxylic acid groups (broad SMARTS) is 1. The molecule has 1 aliphatic rings. The van der Waals surface area contributed by atoms with E-state index in [-0.39, 0.29) is 23.6 Å². The number of carboxylic acids is 1. The number of hydrogen-bond acceptors (Lipinski definition) is 6. The molecule has 0 bridgehead atoms. The minimum atomic E-state index is -1.31. The maximum atomic E-state index is 11.8. The average molecular weight is 326 g/mol. The smallest absolute Gasteiger partial charge is 0.339 e. The molecule has 21 heavy (non-hydrogen) atoms. The molecular weight excluding hydrogens is 316 g/mol. The first-order valence-electron chi connectivity index (χ1n) is 5.74. The van der Waals surface area contributed by atoms with E-state index in [1.165, 1.54) is 12.1 Å². The van der Waals surface area contributed by atoms with Crippen molar-refractivity contribution in [1.29, 1.82) is 0 Å². The first kappa shape index (κ1) is 15.3. The maximum absolute atomic E-state index is 11.8. The van der Waals surface area contributed by atoms with Crippen molar-refractivity contribution in [2.75, 3.05) is 5.32 Å². The van der Waals surface area contributed by atoms with Gasteiger partial charge in [-0.05, 0) is 18.2 Å². The fourth-order valence-corrected chi connectivity index (χ4v) is 2.96. The lowest BCUT2D eigenvalue weighted by atomic mass is 10.1. The van der Waals surface area contributed by atoms with Crippen molar-refractivity contribution >= 4 is 51.8 Å². The molecule has 0 spiro atoms. The van der Waals surface area contributed by atoms with Gasteiger partial charge in [0.15, 0.2) is 0 Å². The average Bonchev–Trinajstić information content (AvgIpc) is 2.69. The lowest BCUT2D eigenvalue weighted by Crippen LogP contribution is -2.27. The SMILES string of the molecule is O=C(C[C@H]1SC(=S)NC1=O)Nc1ccc(O)c(C(=O)O)c1.